The number of aromatic nitrogens is 2. The minimum absolute atomic E-state index is 0.239. The summed E-state index contributed by atoms with van der Waals surface area (Å²) in [5, 5.41) is 6.61. The fourth-order valence-corrected chi connectivity index (χ4v) is 2.16. The minimum Gasteiger partial charge on any atom is -0.352 e. The molecule has 0 saturated heterocycles. The molecule has 1 atom stereocenters. The molecule has 0 aliphatic rings. The van der Waals surface area contributed by atoms with Crippen molar-refractivity contribution in [1.82, 2.24) is 9.97 Å². The quantitative estimate of drug-likeness (QED) is 0.860. The van der Waals surface area contributed by atoms with Crippen molar-refractivity contribution in [2.24, 2.45) is 0 Å². The number of aryl methyl sites for hydroxylation is 2. The Balaban J connectivity index is 2.23. The first-order valence-electron chi connectivity index (χ1n) is 7.58. The summed E-state index contributed by atoms with van der Waals surface area (Å²) in [6.45, 7) is 7.86. The molecule has 0 aliphatic heterocycles. The SMILES string of the molecule is CCC(C)Nc1nc(C)cc(C(=O)Nc2cc(Cl)ccc2C)n1. The van der Waals surface area contributed by atoms with Crippen molar-refractivity contribution in [3.05, 3.63) is 46.2 Å². The summed E-state index contributed by atoms with van der Waals surface area (Å²) in [5.41, 5.74) is 2.67. The number of anilines is 2. The van der Waals surface area contributed by atoms with Crippen LogP contribution in [0.25, 0.3) is 0 Å². The molecule has 0 bridgehead atoms. The molecule has 0 spiro atoms. The van der Waals surface area contributed by atoms with Gasteiger partial charge in [0.1, 0.15) is 5.69 Å². The molecule has 2 aromatic rings. The van der Waals surface area contributed by atoms with E-state index in [4.69, 9.17) is 11.6 Å². The number of carbonyl (C=O) groups excluding carboxylic acids is 1. The Kier molecular flexibility index (Phi) is 5.55. The highest BCUT2D eigenvalue weighted by molar-refractivity contribution is 6.31. The van der Waals surface area contributed by atoms with E-state index in [1.165, 1.54) is 0 Å². The summed E-state index contributed by atoms with van der Waals surface area (Å²) in [7, 11) is 0. The first-order chi connectivity index (χ1) is 10.9. The van der Waals surface area contributed by atoms with E-state index >= 15 is 0 Å². The number of nitrogens with one attached hydrogen (secondary N) is 2. The zero-order valence-corrected chi connectivity index (χ0v) is 14.5. The number of amides is 1. The molecule has 1 aromatic carbocycles. The molecule has 23 heavy (non-hydrogen) atoms. The molecule has 1 aromatic heterocycles. The zero-order valence-electron chi connectivity index (χ0n) is 13.8. The summed E-state index contributed by atoms with van der Waals surface area (Å²) in [6, 6.07) is 7.27. The molecule has 0 fully saturated rings. The van der Waals surface area contributed by atoms with Crippen molar-refractivity contribution in [1.29, 1.82) is 0 Å². The summed E-state index contributed by atoms with van der Waals surface area (Å²) >= 11 is 5.98. The van der Waals surface area contributed by atoms with Gasteiger partial charge in [-0.1, -0.05) is 24.6 Å². The van der Waals surface area contributed by atoms with Gasteiger partial charge in [-0.2, -0.15) is 0 Å². The average Bonchev–Trinajstić information content (AvgIpc) is 2.50. The van der Waals surface area contributed by atoms with Gasteiger partial charge in [0.15, 0.2) is 0 Å². The van der Waals surface area contributed by atoms with Crippen molar-refractivity contribution in [2.45, 2.75) is 40.2 Å². The number of hydrogen-bond donors (Lipinski definition) is 2. The molecule has 122 valence electrons. The molecule has 2 rings (SSSR count). The van der Waals surface area contributed by atoms with Gasteiger partial charge in [-0.05, 0) is 51.0 Å². The van der Waals surface area contributed by atoms with E-state index in [9.17, 15) is 4.79 Å². The molecule has 5 nitrogen and oxygen atoms in total. The first kappa shape index (κ1) is 17.2. The molecular formula is C17H21ClN4O. The van der Waals surface area contributed by atoms with Gasteiger partial charge >= 0.3 is 0 Å². The summed E-state index contributed by atoms with van der Waals surface area (Å²) in [4.78, 5) is 21.1. The van der Waals surface area contributed by atoms with Crippen LogP contribution in [0.1, 0.15) is 42.0 Å². The third kappa shape index (κ3) is 4.66. The van der Waals surface area contributed by atoms with Crippen LogP contribution in [-0.4, -0.2) is 21.9 Å². The topological polar surface area (TPSA) is 66.9 Å². The van der Waals surface area contributed by atoms with Gasteiger partial charge in [-0.15, -0.1) is 0 Å². The van der Waals surface area contributed by atoms with E-state index in [1.807, 2.05) is 26.8 Å². The third-order valence-electron chi connectivity index (χ3n) is 3.52. The highest BCUT2D eigenvalue weighted by atomic mass is 35.5. The second-order valence-electron chi connectivity index (χ2n) is 5.59. The van der Waals surface area contributed by atoms with E-state index < -0.39 is 0 Å². The van der Waals surface area contributed by atoms with Gasteiger partial charge in [-0.3, -0.25) is 4.79 Å². The van der Waals surface area contributed by atoms with E-state index in [1.54, 1.807) is 18.2 Å². The van der Waals surface area contributed by atoms with Gasteiger partial charge in [0, 0.05) is 22.4 Å². The van der Waals surface area contributed by atoms with E-state index in [2.05, 4.69) is 27.5 Å². The lowest BCUT2D eigenvalue weighted by Gasteiger charge is -2.13. The van der Waals surface area contributed by atoms with Gasteiger partial charge in [0.2, 0.25) is 5.95 Å². The largest absolute Gasteiger partial charge is 0.352 e. The molecule has 1 heterocycles. The number of nitrogens with zero attached hydrogens (tertiary/aromatic N) is 2. The van der Waals surface area contributed by atoms with E-state index in [-0.39, 0.29) is 11.9 Å². The fourth-order valence-electron chi connectivity index (χ4n) is 1.99. The molecule has 6 heteroatoms. The van der Waals surface area contributed by atoms with Crippen molar-refractivity contribution < 1.29 is 4.79 Å². The van der Waals surface area contributed by atoms with Gasteiger partial charge < -0.3 is 10.6 Å². The maximum Gasteiger partial charge on any atom is 0.274 e. The molecule has 1 amide bonds. The number of halogens is 1. The van der Waals surface area contributed by atoms with Gasteiger partial charge in [0.25, 0.3) is 5.91 Å². The maximum atomic E-state index is 12.5. The van der Waals surface area contributed by atoms with Crippen molar-refractivity contribution in [3.8, 4) is 0 Å². The Morgan fingerprint density at radius 3 is 2.70 bits per heavy atom. The normalized spacial score (nSPS) is 11.9. The second-order valence-corrected chi connectivity index (χ2v) is 6.02. The van der Waals surface area contributed by atoms with E-state index in [0.29, 0.717) is 22.4 Å². The predicted molar refractivity (Wildman–Crippen MR) is 94.3 cm³/mol. The fraction of sp³-hybridized carbons (Fsp3) is 0.353. The molecule has 0 saturated carbocycles. The van der Waals surface area contributed by atoms with Crippen molar-refractivity contribution >= 4 is 29.1 Å². The highest BCUT2D eigenvalue weighted by Crippen LogP contribution is 2.21. The van der Waals surface area contributed by atoms with Crippen molar-refractivity contribution in [2.75, 3.05) is 10.6 Å². The lowest BCUT2D eigenvalue weighted by molar-refractivity contribution is 0.102. The lowest BCUT2D eigenvalue weighted by atomic mass is 10.2. The third-order valence-corrected chi connectivity index (χ3v) is 3.76. The smallest absolute Gasteiger partial charge is 0.274 e. The van der Waals surface area contributed by atoms with Crippen LogP contribution in [0.3, 0.4) is 0 Å². The Labute approximate surface area is 141 Å². The van der Waals surface area contributed by atoms with Gasteiger partial charge in [-0.25, -0.2) is 9.97 Å². The number of hydrogen-bond acceptors (Lipinski definition) is 4. The molecule has 0 radical (unpaired) electrons. The zero-order chi connectivity index (χ0) is 17.0. The number of rotatable bonds is 5. The summed E-state index contributed by atoms with van der Waals surface area (Å²) in [6.07, 6.45) is 0.945. The molecule has 1 unspecified atom stereocenters. The van der Waals surface area contributed by atoms with Gasteiger partial charge in [0.05, 0.1) is 0 Å². The Morgan fingerprint density at radius 1 is 1.26 bits per heavy atom. The van der Waals surface area contributed by atoms with Crippen LogP contribution < -0.4 is 10.6 Å². The summed E-state index contributed by atoms with van der Waals surface area (Å²) < 4.78 is 0. The first-order valence-corrected chi connectivity index (χ1v) is 7.96. The van der Waals surface area contributed by atoms with Crippen LogP contribution in [0.15, 0.2) is 24.3 Å². The summed E-state index contributed by atoms with van der Waals surface area (Å²) in [5.74, 6) is 0.181. The van der Waals surface area contributed by atoms with E-state index in [0.717, 1.165) is 17.7 Å². The number of benzene rings is 1. The molecule has 2 N–H and O–H groups in total. The van der Waals surface area contributed by atoms with Crippen LogP contribution in [0, 0.1) is 13.8 Å². The van der Waals surface area contributed by atoms with Crippen LogP contribution in [0.2, 0.25) is 5.02 Å². The van der Waals surface area contributed by atoms with Crippen LogP contribution in [0.4, 0.5) is 11.6 Å². The minimum atomic E-state index is -0.284. The van der Waals surface area contributed by atoms with Crippen molar-refractivity contribution in [3.63, 3.8) is 0 Å². The Hall–Kier alpha value is -2.14. The highest BCUT2D eigenvalue weighted by Gasteiger charge is 2.13. The standard InChI is InChI=1S/C17H21ClN4O/c1-5-11(3)19-17-20-12(4)8-15(22-17)16(23)21-14-9-13(18)7-6-10(14)2/h6-9,11H,5H2,1-4H3,(H,21,23)(H,19,20,22). The Bertz CT molecular complexity index is 718. The molecule has 0 aliphatic carbocycles. The average molecular weight is 333 g/mol. The molecular weight excluding hydrogens is 312 g/mol. The van der Waals surface area contributed by atoms with Crippen LogP contribution >= 0.6 is 11.6 Å². The monoisotopic (exact) mass is 332 g/mol. The maximum absolute atomic E-state index is 12.5. The second kappa shape index (κ2) is 7.42. The van der Waals surface area contributed by atoms with Crippen LogP contribution in [0.5, 0.6) is 0 Å². The Morgan fingerprint density at radius 2 is 2.00 bits per heavy atom. The lowest BCUT2D eigenvalue weighted by Crippen LogP contribution is -2.20. The number of carbonyl (C=O) groups is 1. The predicted octanol–water partition coefficient (Wildman–Crippen LogP) is 4.21. The van der Waals surface area contributed by atoms with Crippen LogP contribution in [-0.2, 0) is 0 Å².